The summed E-state index contributed by atoms with van der Waals surface area (Å²) in [5.41, 5.74) is -0.0464. The number of halogens is 1. The van der Waals surface area contributed by atoms with Crippen molar-refractivity contribution in [2.45, 2.75) is 25.5 Å². The molecule has 6 heteroatoms. The number of morpholine rings is 1. The van der Waals surface area contributed by atoms with Gasteiger partial charge in [-0.15, -0.1) is 12.4 Å². The molecule has 0 aliphatic carbocycles. The molecular weight excluding hydrogens is 306 g/mol. The summed E-state index contributed by atoms with van der Waals surface area (Å²) in [6, 6.07) is 7.39. The average Bonchev–Trinajstić information content (AvgIpc) is 2.47. The molecule has 1 aromatic rings. The van der Waals surface area contributed by atoms with Gasteiger partial charge in [-0.1, -0.05) is 6.07 Å². The van der Waals surface area contributed by atoms with Gasteiger partial charge < -0.3 is 19.3 Å². The first-order valence-electron chi connectivity index (χ1n) is 7.29. The highest BCUT2D eigenvalue weighted by Gasteiger charge is 2.31. The van der Waals surface area contributed by atoms with Crippen molar-refractivity contribution in [2.75, 3.05) is 40.0 Å². The Hall–Kier alpha value is -1.01. The number of ether oxygens (including phenoxy) is 3. The van der Waals surface area contributed by atoms with Crippen molar-refractivity contribution in [1.29, 1.82) is 0 Å². The summed E-state index contributed by atoms with van der Waals surface area (Å²) < 4.78 is 16.3. The first-order chi connectivity index (χ1) is 10.0. The lowest BCUT2D eigenvalue weighted by Crippen LogP contribution is -2.55. The zero-order valence-electron chi connectivity index (χ0n) is 13.4. The van der Waals surface area contributed by atoms with Gasteiger partial charge in [-0.3, -0.25) is 4.90 Å². The maximum Gasteiger partial charge on any atom is 0.123 e. The Labute approximate surface area is 138 Å². The molecule has 0 aromatic heterocycles. The topological polar surface area (TPSA) is 51.2 Å². The lowest BCUT2D eigenvalue weighted by Gasteiger charge is -2.42. The second kappa shape index (κ2) is 8.58. The van der Waals surface area contributed by atoms with Crippen LogP contribution in [0, 0.1) is 0 Å². The number of methoxy groups -OCH3 is 1. The molecule has 0 saturated carbocycles. The van der Waals surface area contributed by atoms with Gasteiger partial charge in [-0.05, 0) is 26.0 Å². The molecule has 1 unspecified atom stereocenters. The summed E-state index contributed by atoms with van der Waals surface area (Å²) in [6.07, 6.45) is -0.534. The minimum absolute atomic E-state index is 0. The smallest absolute Gasteiger partial charge is 0.123 e. The molecule has 1 atom stereocenters. The molecule has 1 aliphatic rings. The molecule has 0 bridgehead atoms. The normalized spacial score (nSPS) is 19.1. The van der Waals surface area contributed by atoms with Crippen molar-refractivity contribution in [2.24, 2.45) is 0 Å². The summed E-state index contributed by atoms with van der Waals surface area (Å²) in [5, 5.41) is 10.2. The van der Waals surface area contributed by atoms with E-state index in [1.807, 2.05) is 24.3 Å². The Kier molecular flexibility index (Phi) is 7.42. The van der Waals surface area contributed by atoms with Crippen molar-refractivity contribution >= 4 is 12.4 Å². The van der Waals surface area contributed by atoms with Crippen molar-refractivity contribution in [3.63, 3.8) is 0 Å². The number of aliphatic hydroxyl groups excluding tert-OH is 1. The predicted octanol–water partition coefficient (Wildman–Crippen LogP) is 1.97. The van der Waals surface area contributed by atoms with Crippen LogP contribution in [0.5, 0.6) is 11.5 Å². The average molecular weight is 332 g/mol. The monoisotopic (exact) mass is 331 g/mol. The standard InChI is InChI=1S/C16H25NO4.ClH/c1-16(2)12-20-8-7-17(16)10-13(18)11-21-15-6-4-5-14(9-15)19-3;/h4-6,9,13,18H,7-8,10-12H2,1-3H3;1H. The van der Waals surface area contributed by atoms with E-state index in [0.29, 0.717) is 25.5 Å². The number of hydrogen-bond acceptors (Lipinski definition) is 5. The molecule has 5 nitrogen and oxygen atoms in total. The molecule has 126 valence electrons. The second-order valence-corrected chi connectivity index (χ2v) is 5.95. The maximum atomic E-state index is 10.2. The third-order valence-electron chi connectivity index (χ3n) is 3.73. The molecule has 1 aromatic carbocycles. The van der Waals surface area contributed by atoms with Crippen LogP contribution in [-0.2, 0) is 4.74 Å². The molecule has 2 rings (SSSR count). The highest BCUT2D eigenvalue weighted by Crippen LogP contribution is 2.21. The van der Waals surface area contributed by atoms with Crippen LogP contribution in [0.1, 0.15) is 13.8 Å². The molecule has 1 N–H and O–H groups in total. The van der Waals surface area contributed by atoms with E-state index in [4.69, 9.17) is 14.2 Å². The number of aliphatic hydroxyl groups is 1. The SMILES string of the molecule is COc1cccc(OCC(O)CN2CCOCC2(C)C)c1.Cl. The molecule has 22 heavy (non-hydrogen) atoms. The predicted molar refractivity (Wildman–Crippen MR) is 88.2 cm³/mol. The summed E-state index contributed by atoms with van der Waals surface area (Å²) >= 11 is 0. The molecule has 0 spiro atoms. The first-order valence-corrected chi connectivity index (χ1v) is 7.29. The summed E-state index contributed by atoms with van der Waals surface area (Å²) in [5.74, 6) is 1.45. The van der Waals surface area contributed by atoms with E-state index >= 15 is 0 Å². The van der Waals surface area contributed by atoms with Gasteiger partial charge in [-0.25, -0.2) is 0 Å². The third kappa shape index (κ3) is 5.32. The van der Waals surface area contributed by atoms with Gasteiger partial charge in [0.1, 0.15) is 24.2 Å². The number of hydrogen-bond donors (Lipinski definition) is 1. The molecule has 1 saturated heterocycles. The minimum atomic E-state index is -0.534. The Morgan fingerprint density at radius 3 is 2.77 bits per heavy atom. The zero-order valence-corrected chi connectivity index (χ0v) is 14.3. The van der Waals surface area contributed by atoms with Crippen LogP contribution in [-0.4, -0.2) is 61.7 Å². The largest absolute Gasteiger partial charge is 0.497 e. The molecular formula is C16H26ClNO4. The Bertz CT molecular complexity index is 456. The van der Waals surface area contributed by atoms with E-state index < -0.39 is 6.10 Å². The molecule has 1 aliphatic heterocycles. The van der Waals surface area contributed by atoms with Crippen molar-refractivity contribution < 1.29 is 19.3 Å². The van der Waals surface area contributed by atoms with Gasteiger partial charge in [-0.2, -0.15) is 0 Å². The zero-order chi connectivity index (χ0) is 15.3. The highest BCUT2D eigenvalue weighted by atomic mass is 35.5. The summed E-state index contributed by atoms with van der Waals surface area (Å²) in [6.45, 7) is 7.34. The molecule has 0 radical (unpaired) electrons. The van der Waals surface area contributed by atoms with Crippen LogP contribution in [0.2, 0.25) is 0 Å². The van der Waals surface area contributed by atoms with E-state index in [-0.39, 0.29) is 24.6 Å². The van der Waals surface area contributed by atoms with Crippen LogP contribution in [0.4, 0.5) is 0 Å². The van der Waals surface area contributed by atoms with Gasteiger partial charge in [0.05, 0.1) is 20.3 Å². The number of rotatable bonds is 6. The Morgan fingerprint density at radius 1 is 1.36 bits per heavy atom. The molecule has 1 fully saturated rings. The van der Waals surface area contributed by atoms with Crippen molar-refractivity contribution in [1.82, 2.24) is 4.90 Å². The van der Waals surface area contributed by atoms with Crippen molar-refractivity contribution in [3.05, 3.63) is 24.3 Å². The van der Waals surface area contributed by atoms with E-state index in [0.717, 1.165) is 12.3 Å². The second-order valence-electron chi connectivity index (χ2n) is 5.95. The third-order valence-corrected chi connectivity index (χ3v) is 3.73. The fourth-order valence-corrected chi connectivity index (χ4v) is 2.42. The number of benzene rings is 1. The lowest BCUT2D eigenvalue weighted by atomic mass is 10.0. The fraction of sp³-hybridized carbons (Fsp3) is 0.625. The van der Waals surface area contributed by atoms with Crippen LogP contribution in [0.3, 0.4) is 0 Å². The number of nitrogens with zero attached hydrogens (tertiary/aromatic N) is 1. The molecule has 1 heterocycles. The summed E-state index contributed by atoms with van der Waals surface area (Å²) in [4.78, 5) is 2.25. The van der Waals surface area contributed by atoms with E-state index in [1.165, 1.54) is 0 Å². The maximum absolute atomic E-state index is 10.2. The number of β-amino-alcohol motifs (C(OH)–C–C–N with tert-alkyl or cyclic N) is 1. The molecule has 0 amide bonds. The van der Waals surface area contributed by atoms with E-state index in [2.05, 4.69) is 18.7 Å². The Morgan fingerprint density at radius 2 is 2.09 bits per heavy atom. The van der Waals surface area contributed by atoms with Gasteiger partial charge >= 0.3 is 0 Å². The summed E-state index contributed by atoms with van der Waals surface area (Å²) in [7, 11) is 1.62. The van der Waals surface area contributed by atoms with E-state index in [9.17, 15) is 5.11 Å². The van der Waals surface area contributed by atoms with Gasteiger partial charge in [0.15, 0.2) is 0 Å². The van der Waals surface area contributed by atoms with Crippen LogP contribution in [0.15, 0.2) is 24.3 Å². The Balaban J connectivity index is 0.00000242. The van der Waals surface area contributed by atoms with Gasteiger partial charge in [0, 0.05) is 24.7 Å². The van der Waals surface area contributed by atoms with Crippen LogP contribution >= 0.6 is 12.4 Å². The van der Waals surface area contributed by atoms with Gasteiger partial charge in [0.25, 0.3) is 0 Å². The lowest BCUT2D eigenvalue weighted by molar-refractivity contribution is -0.0703. The van der Waals surface area contributed by atoms with E-state index in [1.54, 1.807) is 7.11 Å². The first kappa shape index (κ1) is 19.0. The van der Waals surface area contributed by atoms with Crippen LogP contribution in [0.25, 0.3) is 0 Å². The minimum Gasteiger partial charge on any atom is -0.497 e. The van der Waals surface area contributed by atoms with Crippen LogP contribution < -0.4 is 9.47 Å². The highest BCUT2D eigenvalue weighted by molar-refractivity contribution is 5.85. The fourth-order valence-electron chi connectivity index (χ4n) is 2.42. The van der Waals surface area contributed by atoms with Crippen molar-refractivity contribution in [3.8, 4) is 11.5 Å². The van der Waals surface area contributed by atoms with Gasteiger partial charge in [0.2, 0.25) is 0 Å². The quantitative estimate of drug-likeness (QED) is 0.863.